The number of thioether (sulfide) groups is 1. The van der Waals surface area contributed by atoms with Gasteiger partial charge in [0.2, 0.25) is 5.91 Å². The van der Waals surface area contributed by atoms with E-state index in [9.17, 15) is 9.90 Å². The number of carbonyl (C=O) groups is 1. The molecule has 0 spiro atoms. The van der Waals surface area contributed by atoms with E-state index < -0.39 is 0 Å². The number of rotatable bonds is 1. The summed E-state index contributed by atoms with van der Waals surface area (Å²) in [6.45, 7) is 1.40. The summed E-state index contributed by atoms with van der Waals surface area (Å²) in [4.78, 5) is 15.7. The highest BCUT2D eigenvalue weighted by Crippen LogP contribution is 2.40. The Hall–Kier alpha value is -1.00. The molecular formula is C14H17NO2S. The van der Waals surface area contributed by atoms with Crippen LogP contribution in [0.1, 0.15) is 24.3 Å². The van der Waals surface area contributed by atoms with Crippen molar-refractivity contribution < 1.29 is 9.90 Å². The largest absolute Gasteiger partial charge is 0.393 e. The third-order valence-electron chi connectivity index (χ3n) is 3.77. The average Bonchev–Trinajstić information content (AvgIpc) is 2.82. The molecule has 3 nitrogen and oxygen atoms in total. The highest BCUT2D eigenvalue weighted by molar-refractivity contribution is 7.99. The molecule has 1 unspecified atom stereocenters. The minimum absolute atomic E-state index is 0.0152. The first kappa shape index (κ1) is 12.1. The normalized spacial score (nSPS) is 24.1. The summed E-state index contributed by atoms with van der Waals surface area (Å²) in [6, 6.07) is 8.19. The number of nitrogens with zero attached hydrogens (tertiary/aromatic N) is 1. The fourth-order valence-corrected chi connectivity index (χ4v) is 3.89. The third-order valence-corrected chi connectivity index (χ3v) is 4.96. The van der Waals surface area contributed by atoms with E-state index in [1.165, 1.54) is 10.5 Å². The number of carbonyl (C=O) groups excluding carboxylic acids is 1. The summed E-state index contributed by atoms with van der Waals surface area (Å²) in [7, 11) is 0. The van der Waals surface area contributed by atoms with Crippen molar-refractivity contribution in [2.75, 3.05) is 18.8 Å². The summed E-state index contributed by atoms with van der Waals surface area (Å²) in [6.07, 6.45) is 1.21. The molecule has 1 N–H and O–H groups in total. The molecule has 0 aliphatic carbocycles. The smallest absolute Gasteiger partial charge is 0.231 e. The van der Waals surface area contributed by atoms with Crippen molar-refractivity contribution >= 4 is 17.7 Å². The van der Waals surface area contributed by atoms with Gasteiger partial charge in [-0.3, -0.25) is 4.79 Å². The second-order valence-corrected chi connectivity index (χ2v) is 6.02. The van der Waals surface area contributed by atoms with Gasteiger partial charge in [0.15, 0.2) is 0 Å². The maximum Gasteiger partial charge on any atom is 0.231 e. The number of aliphatic hydroxyl groups is 1. The van der Waals surface area contributed by atoms with Crippen LogP contribution in [0.5, 0.6) is 0 Å². The Labute approximate surface area is 111 Å². The molecule has 96 valence electrons. The Bertz CT molecular complexity index is 455. The number of piperidine rings is 1. The molecule has 1 aromatic carbocycles. The van der Waals surface area contributed by atoms with E-state index in [0.717, 1.165) is 5.75 Å². The minimum Gasteiger partial charge on any atom is -0.393 e. The summed E-state index contributed by atoms with van der Waals surface area (Å²) < 4.78 is 0. The van der Waals surface area contributed by atoms with Gasteiger partial charge in [0.25, 0.3) is 0 Å². The van der Waals surface area contributed by atoms with Crippen LogP contribution in [0.4, 0.5) is 0 Å². The zero-order valence-electron chi connectivity index (χ0n) is 10.2. The summed E-state index contributed by atoms with van der Waals surface area (Å²) in [5.74, 6) is 1.11. The van der Waals surface area contributed by atoms with E-state index in [-0.39, 0.29) is 17.9 Å². The van der Waals surface area contributed by atoms with Crippen molar-refractivity contribution in [1.82, 2.24) is 4.90 Å². The van der Waals surface area contributed by atoms with E-state index in [1.54, 1.807) is 11.8 Å². The van der Waals surface area contributed by atoms with E-state index in [0.29, 0.717) is 25.9 Å². The highest BCUT2D eigenvalue weighted by atomic mass is 32.2. The quantitative estimate of drug-likeness (QED) is 0.841. The fraction of sp³-hybridized carbons (Fsp3) is 0.500. The number of likely N-dealkylation sites (tertiary alicyclic amines) is 1. The zero-order valence-corrected chi connectivity index (χ0v) is 11.0. The predicted octanol–water partition coefficient (Wildman–Crippen LogP) is 1.86. The molecule has 0 aromatic heterocycles. The molecule has 0 radical (unpaired) electrons. The van der Waals surface area contributed by atoms with Crippen molar-refractivity contribution in [3.05, 3.63) is 29.8 Å². The minimum atomic E-state index is -0.223. The number of hydrogen-bond donors (Lipinski definition) is 1. The SMILES string of the molecule is O=C(C1CSc2ccccc21)N1CCC(O)CC1. The van der Waals surface area contributed by atoms with Crippen LogP contribution >= 0.6 is 11.8 Å². The predicted molar refractivity (Wildman–Crippen MR) is 71.7 cm³/mol. The molecule has 1 amide bonds. The second-order valence-electron chi connectivity index (χ2n) is 4.96. The van der Waals surface area contributed by atoms with E-state index in [4.69, 9.17) is 0 Å². The highest BCUT2D eigenvalue weighted by Gasteiger charge is 2.33. The van der Waals surface area contributed by atoms with Gasteiger partial charge in [0.1, 0.15) is 0 Å². The molecule has 1 aromatic rings. The number of aliphatic hydroxyl groups excluding tert-OH is 1. The Morgan fingerprint density at radius 3 is 2.78 bits per heavy atom. The Balaban J connectivity index is 1.74. The zero-order chi connectivity index (χ0) is 12.5. The molecular weight excluding hydrogens is 246 g/mol. The Morgan fingerprint density at radius 2 is 2.00 bits per heavy atom. The molecule has 1 saturated heterocycles. The van der Waals surface area contributed by atoms with Gasteiger partial charge in [-0.1, -0.05) is 18.2 Å². The number of benzene rings is 1. The monoisotopic (exact) mass is 263 g/mol. The van der Waals surface area contributed by atoms with Crippen LogP contribution in [-0.4, -0.2) is 40.9 Å². The first-order valence-electron chi connectivity index (χ1n) is 6.44. The lowest BCUT2D eigenvalue weighted by Crippen LogP contribution is -2.42. The lowest BCUT2D eigenvalue weighted by atomic mass is 9.98. The van der Waals surface area contributed by atoms with Crippen LogP contribution in [0, 0.1) is 0 Å². The van der Waals surface area contributed by atoms with Gasteiger partial charge >= 0.3 is 0 Å². The van der Waals surface area contributed by atoms with Gasteiger partial charge in [-0.05, 0) is 24.5 Å². The Morgan fingerprint density at radius 1 is 1.28 bits per heavy atom. The van der Waals surface area contributed by atoms with Gasteiger partial charge in [0, 0.05) is 23.7 Å². The lowest BCUT2D eigenvalue weighted by molar-refractivity contribution is -0.134. The van der Waals surface area contributed by atoms with Gasteiger partial charge in [-0.25, -0.2) is 0 Å². The molecule has 1 fully saturated rings. The molecule has 2 heterocycles. The molecule has 0 saturated carbocycles. The number of fused-ring (bicyclic) bond motifs is 1. The first-order valence-corrected chi connectivity index (χ1v) is 7.43. The van der Waals surface area contributed by atoms with Crippen LogP contribution in [0.2, 0.25) is 0 Å². The van der Waals surface area contributed by atoms with Gasteiger partial charge in [0.05, 0.1) is 12.0 Å². The van der Waals surface area contributed by atoms with Crippen molar-refractivity contribution in [3.8, 4) is 0 Å². The van der Waals surface area contributed by atoms with E-state index >= 15 is 0 Å². The van der Waals surface area contributed by atoms with E-state index in [2.05, 4.69) is 12.1 Å². The van der Waals surface area contributed by atoms with Crippen molar-refractivity contribution in [2.45, 2.75) is 29.8 Å². The molecule has 18 heavy (non-hydrogen) atoms. The van der Waals surface area contributed by atoms with Crippen molar-refractivity contribution in [3.63, 3.8) is 0 Å². The van der Waals surface area contributed by atoms with Crippen molar-refractivity contribution in [2.24, 2.45) is 0 Å². The first-order chi connectivity index (χ1) is 8.75. The lowest BCUT2D eigenvalue weighted by Gasteiger charge is -2.31. The fourth-order valence-electron chi connectivity index (χ4n) is 2.67. The summed E-state index contributed by atoms with van der Waals surface area (Å²) >= 11 is 1.77. The number of amides is 1. The van der Waals surface area contributed by atoms with Crippen LogP contribution in [0.15, 0.2) is 29.2 Å². The molecule has 0 bridgehead atoms. The van der Waals surface area contributed by atoms with Crippen LogP contribution in [0.25, 0.3) is 0 Å². The second kappa shape index (κ2) is 4.94. The maximum absolute atomic E-state index is 12.5. The molecule has 1 atom stereocenters. The third kappa shape index (κ3) is 2.15. The maximum atomic E-state index is 12.5. The van der Waals surface area contributed by atoms with Crippen LogP contribution in [-0.2, 0) is 4.79 Å². The molecule has 2 aliphatic rings. The topological polar surface area (TPSA) is 40.5 Å². The molecule has 4 heteroatoms. The van der Waals surface area contributed by atoms with E-state index in [1.807, 2.05) is 17.0 Å². The van der Waals surface area contributed by atoms with Crippen molar-refractivity contribution in [1.29, 1.82) is 0 Å². The molecule has 2 aliphatic heterocycles. The standard InChI is InChI=1S/C14H17NO2S/c16-10-5-7-15(8-6-10)14(17)12-9-18-13-4-2-1-3-11(12)13/h1-4,10,12,16H,5-9H2. The van der Waals surface area contributed by atoms with Gasteiger partial charge < -0.3 is 10.0 Å². The van der Waals surface area contributed by atoms with Crippen LogP contribution in [0.3, 0.4) is 0 Å². The number of hydrogen-bond acceptors (Lipinski definition) is 3. The van der Waals surface area contributed by atoms with Gasteiger partial charge in [-0.2, -0.15) is 0 Å². The average molecular weight is 263 g/mol. The van der Waals surface area contributed by atoms with Gasteiger partial charge in [-0.15, -0.1) is 11.8 Å². The molecule has 3 rings (SSSR count). The summed E-state index contributed by atoms with van der Waals surface area (Å²) in [5.41, 5.74) is 1.18. The Kier molecular flexibility index (Phi) is 3.31. The summed E-state index contributed by atoms with van der Waals surface area (Å²) in [5, 5.41) is 9.49. The van der Waals surface area contributed by atoms with Crippen LogP contribution < -0.4 is 0 Å².